The van der Waals surface area contributed by atoms with Crippen LogP contribution in [0.1, 0.15) is 33.4 Å². The second kappa shape index (κ2) is 6.22. The van der Waals surface area contributed by atoms with Gasteiger partial charge < -0.3 is 10.6 Å². The van der Waals surface area contributed by atoms with Crippen molar-refractivity contribution in [2.75, 3.05) is 0 Å². The largest absolute Gasteiger partial charge is 0.350 e. The van der Waals surface area contributed by atoms with Gasteiger partial charge in [-0.1, -0.05) is 24.3 Å². The van der Waals surface area contributed by atoms with Gasteiger partial charge in [0.15, 0.2) is 0 Å². The summed E-state index contributed by atoms with van der Waals surface area (Å²) in [5.41, 5.74) is 1.70. The molecule has 1 aromatic carbocycles. The molecule has 112 valence electrons. The van der Waals surface area contributed by atoms with Crippen LogP contribution in [-0.4, -0.2) is 22.5 Å². The number of nitrogens with one attached hydrogen (secondary N) is 2. The van der Waals surface area contributed by atoms with Gasteiger partial charge in [0.05, 0.1) is 17.3 Å². The van der Waals surface area contributed by atoms with Crippen molar-refractivity contribution < 1.29 is 4.79 Å². The molecule has 21 heavy (non-hydrogen) atoms. The maximum Gasteiger partial charge on any atom is 0.237 e. The van der Waals surface area contributed by atoms with Crippen LogP contribution in [0.25, 0.3) is 10.9 Å². The molecule has 1 atom stereocenters. The third-order valence-electron chi connectivity index (χ3n) is 3.14. The number of fused-ring (bicyclic) bond motifs is 1. The Morgan fingerprint density at radius 2 is 1.90 bits per heavy atom. The molecule has 2 N–H and O–H groups in total. The molecule has 0 saturated carbocycles. The standard InChI is InChI=1S/C17H23N3O/c1-12(16(21)20-17(2,3)4)18-11-14-10-9-13-7-5-6-8-15(13)19-14/h5-10,12,18H,11H2,1-4H3,(H,20,21). The normalized spacial score (nSPS) is 13.1. The first kappa shape index (κ1) is 15.4. The van der Waals surface area contributed by atoms with Crippen LogP contribution in [0.3, 0.4) is 0 Å². The van der Waals surface area contributed by atoms with Crippen LogP contribution in [-0.2, 0) is 11.3 Å². The van der Waals surface area contributed by atoms with Crippen molar-refractivity contribution in [1.82, 2.24) is 15.6 Å². The molecule has 1 amide bonds. The average Bonchev–Trinajstić information content (AvgIpc) is 2.42. The average molecular weight is 285 g/mol. The minimum Gasteiger partial charge on any atom is -0.350 e. The summed E-state index contributed by atoms with van der Waals surface area (Å²) >= 11 is 0. The lowest BCUT2D eigenvalue weighted by atomic mass is 10.1. The van der Waals surface area contributed by atoms with Crippen molar-refractivity contribution in [3.8, 4) is 0 Å². The highest BCUT2D eigenvalue weighted by Crippen LogP contribution is 2.11. The number of amides is 1. The molecule has 0 aliphatic carbocycles. The first-order valence-corrected chi connectivity index (χ1v) is 7.25. The predicted octanol–water partition coefficient (Wildman–Crippen LogP) is 2.63. The summed E-state index contributed by atoms with van der Waals surface area (Å²) in [6.07, 6.45) is 0. The third kappa shape index (κ3) is 4.53. The third-order valence-corrected chi connectivity index (χ3v) is 3.14. The van der Waals surface area contributed by atoms with E-state index in [4.69, 9.17) is 0 Å². The van der Waals surface area contributed by atoms with Gasteiger partial charge >= 0.3 is 0 Å². The van der Waals surface area contributed by atoms with Gasteiger partial charge in [0.25, 0.3) is 0 Å². The van der Waals surface area contributed by atoms with Gasteiger partial charge in [0, 0.05) is 17.5 Å². The Kier molecular flexibility index (Phi) is 4.58. The van der Waals surface area contributed by atoms with Crippen molar-refractivity contribution in [3.63, 3.8) is 0 Å². The highest BCUT2D eigenvalue weighted by Gasteiger charge is 2.18. The zero-order valence-electron chi connectivity index (χ0n) is 13.1. The molecule has 2 aromatic rings. The van der Waals surface area contributed by atoms with E-state index in [9.17, 15) is 4.79 Å². The molecule has 4 nitrogen and oxygen atoms in total. The van der Waals surface area contributed by atoms with E-state index in [0.29, 0.717) is 6.54 Å². The number of benzene rings is 1. The first-order chi connectivity index (χ1) is 9.85. The SMILES string of the molecule is CC(NCc1ccc2ccccc2n1)C(=O)NC(C)(C)C. The van der Waals surface area contributed by atoms with Crippen LogP contribution in [0.5, 0.6) is 0 Å². The number of nitrogens with zero attached hydrogens (tertiary/aromatic N) is 1. The molecule has 0 fully saturated rings. The Labute approximate surface area is 126 Å². The monoisotopic (exact) mass is 285 g/mol. The fraction of sp³-hybridized carbons (Fsp3) is 0.412. The predicted molar refractivity (Wildman–Crippen MR) is 85.9 cm³/mol. The summed E-state index contributed by atoms with van der Waals surface area (Å²) in [6.45, 7) is 8.36. The number of aromatic nitrogens is 1. The van der Waals surface area contributed by atoms with E-state index < -0.39 is 0 Å². The van der Waals surface area contributed by atoms with Gasteiger partial charge in [-0.25, -0.2) is 0 Å². The van der Waals surface area contributed by atoms with E-state index in [1.807, 2.05) is 58.0 Å². The van der Waals surface area contributed by atoms with Gasteiger partial charge in [-0.2, -0.15) is 0 Å². The summed E-state index contributed by atoms with van der Waals surface area (Å²) in [5, 5.41) is 7.30. The van der Waals surface area contributed by atoms with E-state index in [-0.39, 0.29) is 17.5 Å². The fourth-order valence-corrected chi connectivity index (χ4v) is 2.03. The van der Waals surface area contributed by atoms with E-state index in [2.05, 4.69) is 21.7 Å². The second-order valence-electron chi connectivity index (χ2n) is 6.34. The second-order valence-corrected chi connectivity index (χ2v) is 6.34. The lowest BCUT2D eigenvalue weighted by Gasteiger charge is -2.23. The highest BCUT2D eigenvalue weighted by molar-refractivity contribution is 5.82. The fourth-order valence-electron chi connectivity index (χ4n) is 2.03. The quantitative estimate of drug-likeness (QED) is 0.908. The van der Waals surface area contributed by atoms with Gasteiger partial charge in [-0.05, 0) is 39.8 Å². The minimum absolute atomic E-state index is 0.00305. The lowest BCUT2D eigenvalue weighted by molar-refractivity contribution is -0.124. The maximum absolute atomic E-state index is 12.0. The number of rotatable bonds is 4. The van der Waals surface area contributed by atoms with Crippen LogP contribution < -0.4 is 10.6 Å². The molecule has 1 aromatic heterocycles. The zero-order valence-corrected chi connectivity index (χ0v) is 13.1. The Balaban J connectivity index is 1.96. The Hall–Kier alpha value is -1.94. The summed E-state index contributed by atoms with van der Waals surface area (Å²) in [7, 11) is 0. The van der Waals surface area contributed by atoms with Crippen molar-refractivity contribution in [2.24, 2.45) is 0 Å². The molecule has 0 spiro atoms. The highest BCUT2D eigenvalue weighted by atomic mass is 16.2. The summed E-state index contributed by atoms with van der Waals surface area (Å²) in [6, 6.07) is 11.8. The Morgan fingerprint density at radius 1 is 1.19 bits per heavy atom. The molecule has 2 rings (SSSR count). The van der Waals surface area contributed by atoms with Crippen LogP contribution in [0.2, 0.25) is 0 Å². The number of hydrogen-bond donors (Lipinski definition) is 2. The molecule has 1 heterocycles. The molecule has 0 bridgehead atoms. The first-order valence-electron chi connectivity index (χ1n) is 7.25. The topological polar surface area (TPSA) is 54.0 Å². The van der Waals surface area contributed by atoms with Crippen LogP contribution in [0.15, 0.2) is 36.4 Å². The van der Waals surface area contributed by atoms with E-state index in [0.717, 1.165) is 16.6 Å². The van der Waals surface area contributed by atoms with Crippen molar-refractivity contribution in [2.45, 2.75) is 45.8 Å². The smallest absolute Gasteiger partial charge is 0.237 e. The number of para-hydroxylation sites is 1. The van der Waals surface area contributed by atoms with Gasteiger partial charge in [0.1, 0.15) is 0 Å². The maximum atomic E-state index is 12.0. The molecule has 0 saturated heterocycles. The number of hydrogen-bond acceptors (Lipinski definition) is 3. The van der Waals surface area contributed by atoms with Crippen molar-refractivity contribution >= 4 is 16.8 Å². The molecule has 0 aliphatic rings. The zero-order chi connectivity index (χ0) is 15.5. The number of carbonyl (C=O) groups excluding carboxylic acids is 1. The molecule has 0 radical (unpaired) electrons. The van der Waals surface area contributed by atoms with Crippen LogP contribution in [0, 0.1) is 0 Å². The summed E-state index contributed by atoms with van der Waals surface area (Å²) < 4.78 is 0. The Bertz CT molecular complexity index is 631. The number of carbonyl (C=O) groups is 1. The van der Waals surface area contributed by atoms with Crippen molar-refractivity contribution in [3.05, 3.63) is 42.1 Å². The van der Waals surface area contributed by atoms with Gasteiger partial charge in [-0.3, -0.25) is 9.78 Å². The molecule has 4 heteroatoms. The van der Waals surface area contributed by atoms with E-state index >= 15 is 0 Å². The van der Waals surface area contributed by atoms with Crippen LogP contribution in [0.4, 0.5) is 0 Å². The lowest BCUT2D eigenvalue weighted by Crippen LogP contribution is -2.49. The summed E-state index contributed by atoms with van der Waals surface area (Å²) in [5.74, 6) is 0.00305. The van der Waals surface area contributed by atoms with Gasteiger partial charge in [-0.15, -0.1) is 0 Å². The Morgan fingerprint density at radius 3 is 2.62 bits per heavy atom. The summed E-state index contributed by atoms with van der Waals surface area (Å²) in [4.78, 5) is 16.6. The van der Waals surface area contributed by atoms with Crippen LogP contribution >= 0.6 is 0 Å². The number of pyridine rings is 1. The van der Waals surface area contributed by atoms with E-state index in [1.165, 1.54) is 0 Å². The molecular weight excluding hydrogens is 262 g/mol. The van der Waals surface area contributed by atoms with E-state index in [1.54, 1.807) is 0 Å². The van der Waals surface area contributed by atoms with Gasteiger partial charge in [0.2, 0.25) is 5.91 Å². The minimum atomic E-state index is -0.252. The van der Waals surface area contributed by atoms with Crippen molar-refractivity contribution in [1.29, 1.82) is 0 Å². The molecule has 1 unspecified atom stereocenters. The molecular formula is C17H23N3O. The molecule has 0 aliphatic heterocycles.